The summed E-state index contributed by atoms with van der Waals surface area (Å²) >= 11 is 0. The van der Waals surface area contributed by atoms with Gasteiger partial charge in [0.1, 0.15) is 12.0 Å². The molecule has 28 heavy (non-hydrogen) atoms. The van der Waals surface area contributed by atoms with Crippen LogP contribution in [-0.4, -0.2) is 21.7 Å². The fraction of sp³-hybridized carbons (Fsp3) is 0.292. The van der Waals surface area contributed by atoms with E-state index >= 15 is 0 Å². The van der Waals surface area contributed by atoms with E-state index in [2.05, 4.69) is 88.3 Å². The van der Waals surface area contributed by atoms with E-state index in [1.165, 1.54) is 0 Å². The number of rotatable bonds is 5. The minimum atomic E-state index is -1.83. The second-order valence-electron chi connectivity index (χ2n) is 8.82. The molecule has 0 saturated heterocycles. The van der Waals surface area contributed by atoms with Gasteiger partial charge in [-0.15, -0.1) is 0 Å². The minimum Gasteiger partial charge on any atom is -0.544 e. The fourth-order valence-electron chi connectivity index (χ4n) is 2.87. The van der Waals surface area contributed by atoms with Crippen molar-refractivity contribution >= 4 is 36.8 Å². The van der Waals surface area contributed by atoms with Crippen LogP contribution in [0.25, 0.3) is 10.8 Å². The Hall–Kier alpha value is -2.59. The quantitative estimate of drug-likeness (QED) is 0.354. The molecule has 0 atom stereocenters. The second-order valence-corrected chi connectivity index (χ2v) is 13.5. The molecule has 3 rings (SSSR count). The summed E-state index contributed by atoms with van der Waals surface area (Å²) in [6.45, 7) is 11.3. The maximum absolute atomic E-state index is 11.0. The summed E-state index contributed by atoms with van der Waals surface area (Å²) in [6.07, 6.45) is 0.882. The lowest BCUT2D eigenvalue weighted by Gasteiger charge is -2.36. The summed E-state index contributed by atoms with van der Waals surface area (Å²) in [5, 5.41) is 2.37. The van der Waals surface area contributed by atoms with Crippen molar-refractivity contribution in [3.05, 3.63) is 66.2 Å². The zero-order chi connectivity index (χ0) is 20.5. The van der Waals surface area contributed by atoms with Crippen molar-refractivity contribution < 1.29 is 9.22 Å². The normalized spacial score (nSPS) is 12.1. The van der Waals surface area contributed by atoms with Crippen LogP contribution in [0, 0.1) is 0 Å². The average molecular weight is 392 g/mol. The molecule has 0 heterocycles. The summed E-state index contributed by atoms with van der Waals surface area (Å²) in [5.74, 6) is 0.934. The topological polar surface area (TPSA) is 29.5 Å². The number of benzene rings is 3. The van der Waals surface area contributed by atoms with Crippen molar-refractivity contribution in [2.75, 3.05) is 11.9 Å². The molecule has 0 amide bonds. The van der Waals surface area contributed by atoms with Crippen LogP contribution in [0.4, 0.5) is 11.4 Å². The highest BCUT2D eigenvalue weighted by molar-refractivity contribution is 6.74. The van der Waals surface area contributed by atoms with Crippen LogP contribution >= 0.6 is 0 Å². The second kappa shape index (κ2) is 7.44. The van der Waals surface area contributed by atoms with Crippen LogP contribution in [0.3, 0.4) is 0 Å². The van der Waals surface area contributed by atoms with E-state index in [0.29, 0.717) is 5.56 Å². The van der Waals surface area contributed by atoms with E-state index < -0.39 is 8.32 Å². The maximum Gasteiger partial charge on any atom is 0.250 e. The first-order valence-corrected chi connectivity index (χ1v) is 12.5. The highest BCUT2D eigenvalue weighted by Crippen LogP contribution is 2.38. The summed E-state index contributed by atoms with van der Waals surface area (Å²) < 4.78 is 6.38. The summed E-state index contributed by atoms with van der Waals surface area (Å²) in [7, 11) is 0.229. The average Bonchev–Trinajstić information content (AvgIpc) is 2.66. The predicted molar refractivity (Wildman–Crippen MR) is 122 cm³/mol. The molecule has 0 aromatic heterocycles. The predicted octanol–water partition coefficient (Wildman–Crippen LogP) is 6.80. The Bertz CT molecular complexity index is 988. The van der Waals surface area contributed by atoms with Crippen molar-refractivity contribution in [2.24, 2.45) is 0 Å². The highest BCUT2D eigenvalue weighted by Gasteiger charge is 2.38. The molecule has 4 heteroatoms. The van der Waals surface area contributed by atoms with E-state index in [9.17, 15) is 4.79 Å². The smallest absolute Gasteiger partial charge is 0.250 e. The molecule has 0 aliphatic rings. The van der Waals surface area contributed by atoms with Gasteiger partial charge in [-0.2, -0.15) is 0 Å². The molecule has 0 unspecified atom stereocenters. The maximum atomic E-state index is 11.0. The molecule has 0 bridgehead atoms. The Balaban J connectivity index is 1.82. The van der Waals surface area contributed by atoms with Gasteiger partial charge >= 0.3 is 0 Å². The van der Waals surface area contributed by atoms with Gasteiger partial charge in [0, 0.05) is 24.0 Å². The molecule has 0 aliphatic carbocycles. The van der Waals surface area contributed by atoms with Crippen molar-refractivity contribution in [3.8, 4) is 5.75 Å². The minimum absolute atomic E-state index is 0.178. The third-order valence-corrected chi connectivity index (χ3v) is 10.1. The van der Waals surface area contributed by atoms with Crippen LogP contribution in [0.1, 0.15) is 31.1 Å². The molecule has 0 saturated carbocycles. The molecule has 0 fully saturated rings. The van der Waals surface area contributed by atoms with Crippen LogP contribution in [0.2, 0.25) is 18.1 Å². The number of fused-ring (bicyclic) bond motifs is 1. The number of carbonyl (C=O) groups is 1. The van der Waals surface area contributed by atoms with Crippen molar-refractivity contribution in [1.29, 1.82) is 0 Å². The van der Waals surface area contributed by atoms with E-state index in [-0.39, 0.29) is 5.04 Å². The van der Waals surface area contributed by atoms with Crippen LogP contribution in [-0.2, 0) is 0 Å². The Morgan fingerprint density at radius 1 is 0.857 bits per heavy atom. The molecule has 0 spiro atoms. The van der Waals surface area contributed by atoms with Gasteiger partial charge in [-0.1, -0.05) is 39.0 Å². The highest BCUT2D eigenvalue weighted by atomic mass is 28.4. The van der Waals surface area contributed by atoms with Crippen molar-refractivity contribution in [1.82, 2.24) is 0 Å². The number of nitrogens with zero attached hydrogens (tertiary/aromatic N) is 1. The van der Waals surface area contributed by atoms with Gasteiger partial charge in [-0.3, -0.25) is 4.79 Å². The fourth-order valence-corrected chi connectivity index (χ4v) is 3.90. The van der Waals surface area contributed by atoms with Gasteiger partial charge in [-0.25, -0.2) is 0 Å². The lowest BCUT2D eigenvalue weighted by atomic mass is 10.1. The molecule has 146 valence electrons. The molecule has 0 aliphatic heterocycles. The van der Waals surface area contributed by atoms with Gasteiger partial charge in [0.2, 0.25) is 8.32 Å². The van der Waals surface area contributed by atoms with E-state index in [0.717, 1.165) is 34.2 Å². The number of hydrogen-bond acceptors (Lipinski definition) is 3. The first-order chi connectivity index (χ1) is 13.1. The molecule has 0 N–H and O–H groups in total. The molecular weight excluding hydrogens is 362 g/mol. The van der Waals surface area contributed by atoms with Crippen LogP contribution in [0.15, 0.2) is 60.7 Å². The zero-order valence-electron chi connectivity index (χ0n) is 17.6. The lowest BCUT2D eigenvalue weighted by Crippen LogP contribution is -2.43. The Kier molecular flexibility index (Phi) is 5.35. The van der Waals surface area contributed by atoms with Gasteiger partial charge in [0.05, 0.1) is 0 Å². The largest absolute Gasteiger partial charge is 0.544 e. The van der Waals surface area contributed by atoms with Gasteiger partial charge in [-0.05, 0) is 71.4 Å². The van der Waals surface area contributed by atoms with E-state index in [1.807, 2.05) is 18.2 Å². The SMILES string of the molecule is CN(c1ccc(O[Si](C)(C)C(C)(C)C)cc1)c1ccc2cc(C=O)ccc2c1. The number of anilines is 2. The Labute approximate surface area is 169 Å². The molecular formula is C24H29NO2Si. The van der Waals surface area contributed by atoms with Crippen molar-refractivity contribution in [3.63, 3.8) is 0 Å². The Morgan fingerprint density at radius 3 is 2.04 bits per heavy atom. The van der Waals surface area contributed by atoms with E-state index in [1.54, 1.807) is 0 Å². The van der Waals surface area contributed by atoms with Gasteiger partial charge in [0.15, 0.2) is 0 Å². The Morgan fingerprint density at radius 2 is 1.43 bits per heavy atom. The number of hydrogen-bond donors (Lipinski definition) is 0. The van der Waals surface area contributed by atoms with Crippen LogP contribution < -0.4 is 9.33 Å². The first kappa shape index (κ1) is 20.1. The zero-order valence-corrected chi connectivity index (χ0v) is 18.6. The summed E-state index contributed by atoms with van der Waals surface area (Å²) in [6, 6.07) is 20.4. The first-order valence-electron chi connectivity index (χ1n) is 9.62. The van der Waals surface area contributed by atoms with Crippen molar-refractivity contribution in [2.45, 2.75) is 38.9 Å². The van der Waals surface area contributed by atoms with Gasteiger partial charge < -0.3 is 9.33 Å². The third kappa shape index (κ3) is 4.12. The molecule has 3 nitrogen and oxygen atoms in total. The molecule has 3 aromatic rings. The third-order valence-electron chi connectivity index (χ3n) is 5.77. The lowest BCUT2D eigenvalue weighted by molar-refractivity contribution is 0.112. The number of aldehydes is 1. The summed E-state index contributed by atoms with van der Waals surface area (Å²) in [4.78, 5) is 13.1. The van der Waals surface area contributed by atoms with E-state index in [4.69, 9.17) is 4.43 Å². The van der Waals surface area contributed by atoms with Crippen LogP contribution in [0.5, 0.6) is 5.75 Å². The van der Waals surface area contributed by atoms with Gasteiger partial charge in [0.25, 0.3) is 0 Å². The number of carbonyl (C=O) groups excluding carboxylic acids is 1. The molecule has 0 radical (unpaired) electrons. The molecule has 3 aromatic carbocycles. The monoisotopic (exact) mass is 391 g/mol. The summed E-state index contributed by atoms with van der Waals surface area (Å²) in [5.41, 5.74) is 2.90. The standard InChI is InChI=1S/C24H29NO2Si/c1-24(2,3)28(5,6)27-23-13-11-21(12-14-23)25(4)22-10-9-19-15-18(17-26)7-8-20(19)16-22/h7-17H,1-6H3.